The lowest BCUT2D eigenvalue weighted by molar-refractivity contribution is 0.148. The third-order valence-corrected chi connectivity index (χ3v) is 5.39. The monoisotopic (exact) mass is 331 g/mol. The molecular formula is C23H25NO. The van der Waals surface area contributed by atoms with E-state index in [0.29, 0.717) is 11.7 Å². The van der Waals surface area contributed by atoms with Crippen LogP contribution in [0.5, 0.6) is 5.75 Å². The number of piperidine rings is 1. The highest BCUT2D eigenvalue weighted by Gasteiger charge is 2.29. The maximum atomic E-state index is 10.8. The Morgan fingerprint density at radius 3 is 2.52 bits per heavy atom. The molecule has 1 heterocycles. The van der Waals surface area contributed by atoms with Crippen LogP contribution in [-0.4, -0.2) is 23.1 Å². The van der Waals surface area contributed by atoms with E-state index in [0.717, 1.165) is 24.0 Å². The molecule has 2 atom stereocenters. The van der Waals surface area contributed by atoms with Crippen molar-refractivity contribution in [1.82, 2.24) is 4.90 Å². The van der Waals surface area contributed by atoms with Crippen molar-refractivity contribution in [3.05, 3.63) is 77.9 Å². The maximum absolute atomic E-state index is 10.8. The highest BCUT2D eigenvalue weighted by Crippen LogP contribution is 2.40. The van der Waals surface area contributed by atoms with Gasteiger partial charge < -0.3 is 5.11 Å². The number of hydrogen-bond donors (Lipinski definition) is 1. The third-order valence-electron chi connectivity index (χ3n) is 5.39. The van der Waals surface area contributed by atoms with E-state index in [1.54, 1.807) is 0 Å². The Hall–Kier alpha value is -2.32. The molecule has 1 aliphatic heterocycles. The summed E-state index contributed by atoms with van der Waals surface area (Å²) in [4.78, 5) is 2.55. The molecule has 0 aliphatic carbocycles. The van der Waals surface area contributed by atoms with Gasteiger partial charge in [-0.05, 0) is 47.7 Å². The lowest BCUT2D eigenvalue weighted by atomic mass is 9.89. The molecule has 2 heteroatoms. The normalized spacial score (nSPS) is 19.8. The smallest absolute Gasteiger partial charge is 0.121 e. The van der Waals surface area contributed by atoms with Gasteiger partial charge >= 0.3 is 0 Å². The summed E-state index contributed by atoms with van der Waals surface area (Å²) < 4.78 is 0. The van der Waals surface area contributed by atoms with Crippen molar-refractivity contribution in [1.29, 1.82) is 0 Å². The topological polar surface area (TPSA) is 23.5 Å². The first-order valence-electron chi connectivity index (χ1n) is 9.23. The van der Waals surface area contributed by atoms with E-state index in [2.05, 4.69) is 66.4 Å². The molecule has 1 aliphatic rings. The summed E-state index contributed by atoms with van der Waals surface area (Å²) in [6.45, 7) is 4.48. The van der Waals surface area contributed by atoms with E-state index in [4.69, 9.17) is 0 Å². The Morgan fingerprint density at radius 1 is 0.960 bits per heavy atom. The molecule has 0 radical (unpaired) electrons. The molecule has 2 nitrogen and oxygen atoms in total. The molecule has 3 aromatic rings. The molecule has 0 saturated carbocycles. The van der Waals surface area contributed by atoms with Crippen LogP contribution in [0.2, 0.25) is 0 Å². The first-order chi connectivity index (χ1) is 12.2. The Morgan fingerprint density at radius 2 is 1.72 bits per heavy atom. The maximum Gasteiger partial charge on any atom is 0.121 e. The number of rotatable bonds is 3. The van der Waals surface area contributed by atoms with E-state index < -0.39 is 0 Å². The summed E-state index contributed by atoms with van der Waals surface area (Å²) in [5.74, 6) is 1.09. The highest BCUT2D eigenvalue weighted by molar-refractivity contribution is 5.88. The van der Waals surface area contributed by atoms with Gasteiger partial charge in [0, 0.05) is 12.1 Å². The van der Waals surface area contributed by atoms with Gasteiger partial charge in [0.1, 0.15) is 5.75 Å². The molecule has 1 fully saturated rings. The van der Waals surface area contributed by atoms with E-state index in [1.165, 1.54) is 23.8 Å². The first kappa shape index (κ1) is 16.2. The van der Waals surface area contributed by atoms with Gasteiger partial charge in [0.05, 0.1) is 6.04 Å². The van der Waals surface area contributed by atoms with Gasteiger partial charge in [0.15, 0.2) is 0 Å². The molecule has 25 heavy (non-hydrogen) atoms. The van der Waals surface area contributed by atoms with Crippen LogP contribution in [0.15, 0.2) is 66.7 Å². The van der Waals surface area contributed by atoms with Crippen LogP contribution in [0.3, 0.4) is 0 Å². The van der Waals surface area contributed by atoms with Crippen molar-refractivity contribution in [2.24, 2.45) is 5.92 Å². The molecule has 3 aromatic carbocycles. The standard InChI is InChI=1S/C23H25NO/c1-17-8-7-15-24(16-17)23(19-10-3-2-4-11-19)22-20-12-6-5-9-18(20)13-14-21(22)25/h2-6,9-14,17,23,25H,7-8,15-16H2,1H3. The summed E-state index contributed by atoms with van der Waals surface area (Å²) in [6, 6.07) is 22.9. The molecule has 1 saturated heterocycles. The molecule has 4 rings (SSSR count). The second-order valence-electron chi connectivity index (χ2n) is 7.28. The third kappa shape index (κ3) is 3.14. The predicted octanol–water partition coefficient (Wildman–Crippen LogP) is 5.37. The minimum absolute atomic E-state index is 0.0926. The molecule has 0 aromatic heterocycles. The van der Waals surface area contributed by atoms with Crippen molar-refractivity contribution in [2.45, 2.75) is 25.8 Å². The van der Waals surface area contributed by atoms with E-state index >= 15 is 0 Å². The number of nitrogens with zero attached hydrogens (tertiary/aromatic N) is 1. The van der Waals surface area contributed by atoms with E-state index in [9.17, 15) is 5.11 Å². The fourth-order valence-electron chi connectivity index (χ4n) is 4.23. The minimum Gasteiger partial charge on any atom is -0.508 e. The minimum atomic E-state index is 0.0926. The first-order valence-corrected chi connectivity index (χ1v) is 9.23. The van der Waals surface area contributed by atoms with Crippen molar-refractivity contribution in [2.75, 3.05) is 13.1 Å². The molecule has 0 spiro atoms. The number of aromatic hydroxyl groups is 1. The molecule has 2 unspecified atom stereocenters. The number of likely N-dealkylation sites (tertiary alicyclic amines) is 1. The van der Waals surface area contributed by atoms with Crippen molar-refractivity contribution >= 4 is 10.8 Å². The van der Waals surface area contributed by atoms with Crippen LogP contribution in [0.25, 0.3) is 10.8 Å². The zero-order valence-electron chi connectivity index (χ0n) is 14.7. The lowest BCUT2D eigenvalue weighted by Gasteiger charge is -2.38. The zero-order valence-corrected chi connectivity index (χ0v) is 14.7. The van der Waals surface area contributed by atoms with E-state index in [-0.39, 0.29) is 6.04 Å². The van der Waals surface area contributed by atoms with E-state index in [1.807, 2.05) is 12.1 Å². The van der Waals surface area contributed by atoms with Crippen LogP contribution >= 0.6 is 0 Å². The van der Waals surface area contributed by atoms with Gasteiger partial charge in [-0.15, -0.1) is 0 Å². The largest absolute Gasteiger partial charge is 0.508 e. The Kier molecular flexibility index (Phi) is 4.46. The van der Waals surface area contributed by atoms with Gasteiger partial charge in [-0.1, -0.05) is 67.6 Å². The van der Waals surface area contributed by atoms with Crippen LogP contribution in [0.1, 0.15) is 36.9 Å². The van der Waals surface area contributed by atoms with Gasteiger partial charge in [0.2, 0.25) is 0 Å². The van der Waals surface area contributed by atoms with Crippen LogP contribution in [0, 0.1) is 5.92 Å². The summed E-state index contributed by atoms with van der Waals surface area (Å²) in [6.07, 6.45) is 2.51. The summed E-state index contributed by atoms with van der Waals surface area (Å²) in [5, 5.41) is 13.1. The van der Waals surface area contributed by atoms with Crippen LogP contribution < -0.4 is 0 Å². The van der Waals surface area contributed by atoms with Gasteiger partial charge in [-0.2, -0.15) is 0 Å². The fourth-order valence-corrected chi connectivity index (χ4v) is 4.23. The zero-order chi connectivity index (χ0) is 17.2. The summed E-state index contributed by atoms with van der Waals surface area (Å²) >= 11 is 0. The average Bonchev–Trinajstić information content (AvgIpc) is 2.65. The molecular weight excluding hydrogens is 306 g/mol. The van der Waals surface area contributed by atoms with Crippen molar-refractivity contribution in [3.8, 4) is 5.75 Å². The Bertz CT molecular complexity index is 858. The second kappa shape index (κ2) is 6.89. The molecule has 1 N–H and O–H groups in total. The van der Waals surface area contributed by atoms with Gasteiger partial charge in [-0.25, -0.2) is 0 Å². The molecule has 0 bridgehead atoms. The average molecular weight is 331 g/mol. The molecule has 0 amide bonds. The number of phenolic OH excluding ortho intramolecular Hbond substituents is 1. The fraction of sp³-hybridized carbons (Fsp3) is 0.304. The van der Waals surface area contributed by atoms with Crippen LogP contribution in [0.4, 0.5) is 0 Å². The van der Waals surface area contributed by atoms with Crippen LogP contribution in [-0.2, 0) is 0 Å². The van der Waals surface area contributed by atoms with Gasteiger partial charge in [0.25, 0.3) is 0 Å². The molecule has 128 valence electrons. The predicted molar refractivity (Wildman–Crippen MR) is 104 cm³/mol. The Balaban J connectivity index is 1.91. The van der Waals surface area contributed by atoms with Crippen molar-refractivity contribution in [3.63, 3.8) is 0 Å². The summed E-state index contributed by atoms with van der Waals surface area (Å²) in [5.41, 5.74) is 2.29. The number of hydrogen-bond acceptors (Lipinski definition) is 2. The highest BCUT2D eigenvalue weighted by atomic mass is 16.3. The number of benzene rings is 3. The summed E-state index contributed by atoms with van der Waals surface area (Å²) in [7, 11) is 0. The quantitative estimate of drug-likeness (QED) is 0.698. The number of phenols is 1. The Labute approximate surface area is 149 Å². The second-order valence-corrected chi connectivity index (χ2v) is 7.28. The lowest BCUT2D eigenvalue weighted by Crippen LogP contribution is -2.38. The SMILES string of the molecule is CC1CCCN(C(c2ccccc2)c2c(O)ccc3ccccc23)C1. The number of fused-ring (bicyclic) bond motifs is 1. The van der Waals surface area contributed by atoms with Crippen molar-refractivity contribution < 1.29 is 5.11 Å². The van der Waals surface area contributed by atoms with Gasteiger partial charge in [-0.3, -0.25) is 4.90 Å².